The zero-order chi connectivity index (χ0) is 12.3. The van der Waals surface area contributed by atoms with E-state index in [4.69, 9.17) is 0 Å². The molecule has 0 aliphatic heterocycles. The van der Waals surface area contributed by atoms with Gasteiger partial charge in [-0.15, -0.1) is 0 Å². The van der Waals surface area contributed by atoms with Gasteiger partial charge < -0.3 is 0 Å². The van der Waals surface area contributed by atoms with E-state index in [9.17, 15) is 8.42 Å². The maximum atomic E-state index is 11.1. The summed E-state index contributed by atoms with van der Waals surface area (Å²) in [6.07, 6.45) is 8.57. The van der Waals surface area contributed by atoms with Crippen LogP contribution in [0.2, 0.25) is 0 Å². The molecule has 0 unspecified atom stereocenters. The molecule has 1 heterocycles. The first-order chi connectivity index (χ1) is 8.04. The van der Waals surface area contributed by atoms with Crippen molar-refractivity contribution >= 4 is 15.8 Å². The first-order valence-corrected chi connectivity index (χ1v) is 7.97. The van der Waals surface area contributed by atoms with E-state index < -0.39 is 10.0 Å². The monoisotopic (exact) mass is 257 g/mol. The molecule has 1 aromatic rings. The highest BCUT2D eigenvalue weighted by Crippen LogP contribution is 2.31. The topological polar surface area (TPSA) is 74.8 Å². The lowest BCUT2D eigenvalue weighted by molar-refractivity contribution is 0.576. The maximum Gasteiger partial charge on any atom is 0.231 e. The Bertz CT molecular complexity index is 459. The molecule has 96 valence electrons. The molecule has 1 aromatic heterocycles. The van der Waals surface area contributed by atoms with Crippen molar-refractivity contribution in [1.29, 1.82) is 0 Å². The lowest BCUT2D eigenvalue weighted by atomic mass is 9.97. The van der Waals surface area contributed by atoms with Gasteiger partial charge >= 0.3 is 0 Å². The van der Waals surface area contributed by atoms with Gasteiger partial charge in [-0.3, -0.25) is 9.82 Å². The molecule has 0 spiro atoms. The van der Waals surface area contributed by atoms with Crippen LogP contribution in [-0.4, -0.2) is 24.9 Å². The van der Waals surface area contributed by atoms with Crippen molar-refractivity contribution in [3.05, 3.63) is 11.8 Å². The number of anilines is 1. The Hall–Kier alpha value is -1.04. The zero-order valence-corrected chi connectivity index (χ0v) is 10.9. The van der Waals surface area contributed by atoms with Gasteiger partial charge in [0.2, 0.25) is 10.0 Å². The summed E-state index contributed by atoms with van der Waals surface area (Å²) in [7, 11) is -3.23. The van der Waals surface area contributed by atoms with Crippen LogP contribution in [0.15, 0.2) is 6.07 Å². The molecule has 0 bridgehead atoms. The van der Waals surface area contributed by atoms with E-state index in [2.05, 4.69) is 14.9 Å². The van der Waals surface area contributed by atoms with Gasteiger partial charge in [-0.1, -0.05) is 25.7 Å². The highest BCUT2D eigenvalue weighted by molar-refractivity contribution is 7.92. The summed E-state index contributed by atoms with van der Waals surface area (Å²) in [5.74, 6) is 0.895. The molecule has 0 atom stereocenters. The second-order valence-electron chi connectivity index (χ2n) is 4.77. The highest BCUT2D eigenvalue weighted by atomic mass is 32.2. The Labute approximate surface area is 102 Å². The molecule has 0 aromatic carbocycles. The number of hydrogen-bond acceptors (Lipinski definition) is 3. The maximum absolute atomic E-state index is 11.1. The van der Waals surface area contributed by atoms with E-state index in [1.807, 2.05) is 6.07 Å². The van der Waals surface area contributed by atoms with Crippen LogP contribution >= 0.6 is 0 Å². The fourth-order valence-electron chi connectivity index (χ4n) is 2.38. The highest BCUT2D eigenvalue weighted by Gasteiger charge is 2.17. The minimum absolute atomic E-state index is 0.395. The molecule has 0 amide bonds. The van der Waals surface area contributed by atoms with Gasteiger partial charge in [0.15, 0.2) is 5.82 Å². The predicted octanol–water partition coefficient (Wildman–Crippen LogP) is 2.22. The Morgan fingerprint density at radius 1 is 1.29 bits per heavy atom. The lowest BCUT2D eigenvalue weighted by Crippen LogP contribution is -2.09. The Morgan fingerprint density at radius 2 is 1.94 bits per heavy atom. The minimum Gasteiger partial charge on any atom is -0.280 e. The molecular weight excluding hydrogens is 238 g/mol. The fraction of sp³-hybridized carbons (Fsp3) is 0.727. The first-order valence-electron chi connectivity index (χ1n) is 6.08. The number of sulfonamides is 1. The van der Waals surface area contributed by atoms with Gasteiger partial charge in [-0.25, -0.2) is 8.42 Å². The second-order valence-corrected chi connectivity index (χ2v) is 6.52. The van der Waals surface area contributed by atoms with Crippen molar-refractivity contribution in [2.24, 2.45) is 0 Å². The third kappa shape index (κ3) is 3.73. The van der Waals surface area contributed by atoms with E-state index in [0.717, 1.165) is 11.9 Å². The van der Waals surface area contributed by atoms with Crippen LogP contribution in [-0.2, 0) is 10.0 Å². The molecular formula is C11H19N3O2S. The smallest absolute Gasteiger partial charge is 0.231 e. The molecule has 1 aliphatic rings. The standard InChI is InChI=1S/C11H19N3O2S/c1-17(15,16)14-11-8-10(12-13-11)9-6-4-2-3-5-7-9/h8-9H,2-7H2,1H3,(H2,12,13,14). The van der Waals surface area contributed by atoms with Crippen LogP contribution in [0.1, 0.15) is 50.1 Å². The molecule has 5 nitrogen and oxygen atoms in total. The number of nitrogens with zero attached hydrogens (tertiary/aromatic N) is 1. The van der Waals surface area contributed by atoms with Gasteiger partial charge in [-0.05, 0) is 12.8 Å². The van der Waals surface area contributed by atoms with Crippen LogP contribution in [0.4, 0.5) is 5.82 Å². The molecule has 1 saturated carbocycles. The number of nitrogens with one attached hydrogen (secondary N) is 2. The third-order valence-corrected chi connectivity index (χ3v) is 3.76. The van der Waals surface area contributed by atoms with E-state index in [1.54, 1.807) is 0 Å². The second kappa shape index (κ2) is 5.08. The Kier molecular flexibility index (Phi) is 3.71. The number of rotatable bonds is 3. The van der Waals surface area contributed by atoms with Gasteiger partial charge in [0.25, 0.3) is 0 Å². The van der Waals surface area contributed by atoms with Crippen molar-refractivity contribution in [3.8, 4) is 0 Å². The van der Waals surface area contributed by atoms with E-state index in [1.165, 1.54) is 38.5 Å². The van der Waals surface area contributed by atoms with Crippen LogP contribution < -0.4 is 4.72 Å². The molecule has 1 aliphatic carbocycles. The first kappa shape index (κ1) is 12.4. The Balaban J connectivity index is 2.06. The SMILES string of the molecule is CS(=O)(=O)Nc1cc(C2CCCCCC2)[nH]n1. The summed E-state index contributed by atoms with van der Waals surface area (Å²) in [6.45, 7) is 0. The molecule has 2 rings (SSSR count). The molecule has 0 saturated heterocycles. The molecule has 17 heavy (non-hydrogen) atoms. The largest absolute Gasteiger partial charge is 0.280 e. The van der Waals surface area contributed by atoms with Gasteiger partial charge in [0.05, 0.1) is 6.26 Å². The summed E-state index contributed by atoms with van der Waals surface area (Å²) in [5.41, 5.74) is 1.05. The van der Waals surface area contributed by atoms with Crippen molar-refractivity contribution in [3.63, 3.8) is 0 Å². The van der Waals surface area contributed by atoms with Gasteiger partial charge in [0, 0.05) is 17.7 Å². The Morgan fingerprint density at radius 3 is 2.53 bits per heavy atom. The molecule has 6 heteroatoms. The fourth-order valence-corrected chi connectivity index (χ4v) is 2.86. The minimum atomic E-state index is -3.23. The zero-order valence-electron chi connectivity index (χ0n) is 10.1. The summed E-state index contributed by atoms with van der Waals surface area (Å²) in [6, 6.07) is 1.82. The number of aromatic amines is 1. The van der Waals surface area contributed by atoms with Gasteiger partial charge in [-0.2, -0.15) is 5.10 Å². The summed E-state index contributed by atoms with van der Waals surface area (Å²) in [5, 5.41) is 6.94. The third-order valence-electron chi connectivity index (χ3n) is 3.18. The number of hydrogen-bond donors (Lipinski definition) is 2. The number of H-pyrrole nitrogens is 1. The molecule has 0 radical (unpaired) electrons. The average molecular weight is 257 g/mol. The van der Waals surface area contributed by atoms with Crippen LogP contribution in [0, 0.1) is 0 Å². The van der Waals surface area contributed by atoms with Crippen molar-refractivity contribution in [2.45, 2.75) is 44.4 Å². The predicted molar refractivity (Wildman–Crippen MR) is 67.5 cm³/mol. The van der Waals surface area contributed by atoms with Gasteiger partial charge in [0.1, 0.15) is 0 Å². The summed E-state index contributed by atoms with van der Waals surface area (Å²) >= 11 is 0. The van der Waals surface area contributed by atoms with E-state index in [0.29, 0.717) is 11.7 Å². The van der Waals surface area contributed by atoms with Crippen LogP contribution in [0.3, 0.4) is 0 Å². The quantitative estimate of drug-likeness (QED) is 0.815. The molecule has 2 N–H and O–H groups in total. The molecule has 1 fully saturated rings. The summed E-state index contributed by atoms with van der Waals surface area (Å²) in [4.78, 5) is 0. The van der Waals surface area contributed by atoms with Crippen LogP contribution in [0.5, 0.6) is 0 Å². The van der Waals surface area contributed by atoms with E-state index >= 15 is 0 Å². The van der Waals surface area contributed by atoms with E-state index in [-0.39, 0.29) is 0 Å². The van der Waals surface area contributed by atoms with Crippen molar-refractivity contribution in [2.75, 3.05) is 11.0 Å². The summed E-state index contributed by atoms with van der Waals surface area (Å²) < 4.78 is 24.5. The number of aromatic nitrogens is 2. The van der Waals surface area contributed by atoms with Crippen LogP contribution in [0.25, 0.3) is 0 Å². The average Bonchev–Trinajstić information content (AvgIpc) is 2.52. The lowest BCUT2D eigenvalue weighted by Gasteiger charge is -2.10. The van der Waals surface area contributed by atoms with Crippen molar-refractivity contribution < 1.29 is 8.42 Å². The van der Waals surface area contributed by atoms with Crippen molar-refractivity contribution in [1.82, 2.24) is 10.2 Å². The normalized spacial score (nSPS) is 18.9.